The van der Waals surface area contributed by atoms with Gasteiger partial charge in [0.1, 0.15) is 10.9 Å². The van der Waals surface area contributed by atoms with Gasteiger partial charge in [0.25, 0.3) is 5.56 Å². The largest absolute Gasteiger partial charge is 0.436 e. The number of nitrogens with zero attached hydrogens (tertiary/aromatic N) is 2. The van der Waals surface area contributed by atoms with E-state index in [4.69, 9.17) is 15.2 Å². The summed E-state index contributed by atoms with van der Waals surface area (Å²) in [6, 6.07) is 0. The van der Waals surface area contributed by atoms with Crippen LogP contribution in [0.25, 0.3) is 10.3 Å². The van der Waals surface area contributed by atoms with E-state index in [1.165, 1.54) is 11.5 Å². The van der Waals surface area contributed by atoms with Crippen LogP contribution in [-0.2, 0) is 14.3 Å². The molecule has 0 bridgehead atoms. The quantitative estimate of drug-likeness (QED) is 0.742. The molecule has 0 aromatic carbocycles. The number of H-pyrrole nitrogens is 1. The number of hydrogen-bond donors (Lipinski definition) is 2. The monoisotopic (exact) mass is 312 g/mol. The summed E-state index contributed by atoms with van der Waals surface area (Å²) in [6.07, 6.45) is -0.400. The highest BCUT2D eigenvalue weighted by Gasteiger charge is 2.31. The lowest BCUT2D eigenvalue weighted by atomic mass is 10.3. The molecule has 0 amide bonds. The first-order valence-electron chi connectivity index (χ1n) is 6.19. The predicted octanol–water partition coefficient (Wildman–Crippen LogP) is -0.0733. The van der Waals surface area contributed by atoms with E-state index in [9.17, 15) is 14.4 Å². The van der Waals surface area contributed by atoms with Crippen molar-refractivity contribution in [3.8, 4) is 0 Å². The molecule has 1 unspecified atom stereocenters. The van der Waals surface area contributed by atoms with Crippen LogP contribution >= 0.6 is 11.3 Å². The summed E-state index contributed by atoms with van der Waals surface area (Å²) < 4.78 is 11.9. The summed E-state index contributed by atoms with van der Waals surface area (Å²) in [4.78, 5) is 40.7. The summed E-state index contributed by atoms with van der Waals surface area (Å²) in [5.74, 6) is -0.532. The van der Waals surface area contributed by atoms with Crippen LogP contribution in [0.2, 0.25) is 0 Å². The van der Waals surface area contributed by atoms with Gasteiger partial charge in [0.15, 0.2) is 5.65 Å². The minimum absolute atomic E-state index is 0.0754. The third kappa shape index (κ3) is 2.43. The number of aromatic amines is 1. The first kappa shape index (κ1) is 13.8. The second-order valence-corrected chi connectivity index (χ2v) is 5.51. The van der Waals surface area contributed by atoms with Crippen LogP contribution in [0.5, 0.6) is 0 Å². The summed E-state index contributed by atoms with van der Waals surface area (Å²) in [5, 5.41) is 0. The van der Waals surface area contributed by atoms with Crippen molar-refractivity contribution in [3.05, 3.63) is 20.0 Å². The van der Waals surface area contributed by atoms with Crippen LogP contribution in [-0.4, -0.2) is 26.8 Å². The van der Waals surface area contributed by atoms with E-state index < -0.39 is 24.0 Å². The molecule has 0 radical (unpaired) electrons. The zero-order valence-electron chi connectivity index (χ0n) is 11.0. The molecule has 21 heavy (non-hydrogen) atoms. The van der Waals surface area contributed by atoms with Gasteiger partial charge < -0.3 is 15.2 Å². The van der Waals surface area contributed by atoms with Crippen molar-refractivity contribution in [1.29, 1.82) is 0 Å². The van der Waals surface area contributed by atoms with Crippen LogP contribution in [0.1, 0.15) is 26.0 Å². The SMILES string of the molecule is CC(=O)OC1CC[C@H](n2c(=O)sc3c(=O)[nH]c(N)nc32)O1. The summed E-state index contributed by atoms with van der Waals surface area (Å²) in [6.45, 7) is 1.28. The Kier molecular flexibility index (Phi) is 3.26. The molecule has 10 heteroatoms. The molecule has 1 aliphatic heterocycles. The average molecular weight is 312 g/mol. The van der Waals surface area contributed by atoms with E-state index in [0.717, 1.165) is 11.3 Å². The summed E-state index contributed by atoms with van der Waals surface area (Å²) >= 11 is 0.774. The maximum atomic E-state index is 12.1. The second-order valence-electron chi connectivity index (χ2n) is 4.55. The molecule has 3 N–H and O–H groups in total. The van der Waals surface area contributed by atoms with Gasteiger partial charge in [-0.25, -0.2) is 0 Å². The van der Waals surface area contributed by atoms with Crippen LogP contribution in [0.15, 0.2) is 9.59 Å². The molecule has 2 aromatic heterocycles. The normalized spacial score (nSPS) is 21.8. The highest BCUT2D eigenvalue weighted by Crippen LogP contribution is 2.30. The number of carbonyl (C=O) groups is 1. The molecular weight excluding hydrogens is 300 g/mol. The molecule has 1 saturated heterocycles. The Labute approximate surface area is 121 Å². The fraction of sp³-hybridized carbons (Fsp3) is 0.455. The Bertz CT molecular complexity index is 822. The first-order chi connectivity index (χ1) is 9.95. The van der Waals surface area contributed by atoms with Gasteiger partial charge >= 0.3 is 10.8 Å². The van der Waals surface area contributed by atoms with Crippen LogP contribution in [0.4, 0.5) is 5.95 Å². The lowest BCUT2D eigenvalue weighted by molar-refractivity contribution is -0.177. The Morgan fingerprint density at radius 3 is 3.00 bits per heavy atom. The van der Waals surface area contributed by atoms with E-state index in [-0.39, 0.29) is 21.2 Å². The molecule has 0 saturated carbocycles. The number of rotatable bonds is 2. The van der Waals surface area contributed by atoms with Gasteiger partial charge in [-0.1, -0.05) is 11.3 Å². The highest BCUT2D eigenvalue weighted by atomic mass is 32.1. The van der Waals surface area contributed by atoms with Gasteiger partial charge in [0.05, 0.1) is 0 Å². The van der Waals surface area contributed by atoms with Gasteiger partial charge in [-0.15, -0.1) is 0 Å². The average Bonchev–Trinajstić information content (AvgIpc) is 2.92. The number of carbonyl (C=O) groups excluding carboxylic acids is 1. The lowest BCUT2D eigenvalue weighted by Gasteiger charge is -2.14. The number of anilines is 1. The maximum Gasteiger partial charge on any atom is 0.311 e. The number of aromatic nitrogens is 3. The molecule has 0 spiro atoms. The number of nitrogens with one attached hydrogen (secondary N) is 1. The molecule has 112 valence electrons. The number of nitrogens with two attached hydrogens (primary N) is 1. The smallest absolute Gasteiger partial charge is 0.311 e. The molecule has 1 fully saturated rings. The second kappa shape index (κ2) is 4.97. The van der Waals surface area contributed by atoms with Crippen molar-refractivity contribution >= 4 is 33.6 Å². The Morgan fingerprint density at radius 2 is 2.29 bits per heavy atom. The lowest BCUT2D eigenvalue weighted by Crippen LogP contribution is -2.22. The first-order valence-corrected chi connectivity index (χ1v) is 7.01. The standard InChI is InChI=1S/C11H12N4O5S/c1-4(16)19-6-3-2-5(20-6)15-8-7(21-11(15)18)9(17)14-10(12)13-8/h5-6H,2-3H2,1H3,(H3,12,13,14,17)/t5-,6?/m1/s1. The number of ether oxygens (including phenoxy) is 2. The number of hydrogen-bond acceptors (Lipinski definition) is 8. The van der Waals surface area contributed by atoms with E-state index in [1.54, 1.807) is 0 Å². The predicted molar refractivity (Wildman–Crippen MR) is 73.8 cm³/mol. The van der Waals surface area contributed by atoms with Gasteiger partial charge in [-0.05, 0) is 6.42 Å². The van der Waals surface area contributed by atoms with Crippen LogP contribution in [0.3, 0.4) is 0 Å². The summed E-state index contributed by atoms with van der Waals surface area (Å²) in [5.41, 5.74) is 5.22. The molecular formula is C11H12N4O5S. The maximum absolute atomic E-state index is 12.1. The van der Waals surface area contributed by atoms with E-state index in [0.29, 0.717) is 12.8 Å². The fourth-order valence-electron chi connectivity index (χ4n) is 2.25. The fourth-order valence-corrected chi connectivity index (χ4v) is 3.11. The molecule has 0 aliphatic carbocycles. The zero-order valence-corrected chi connectivity index (χ0v) is 11.8. The number of thiazole rings is 1. The number of esters is 1. The van der Waals surface area contributed by atoms with E-state index in [1.807, 2.05) is 0 Å². The Morgan fingerprint density at radius 1 is 1.52 bits per heavy atom. The van der Waals surface area contributed by atoms with Crippen molar-refractivity contribution in [2.45, 2.75) is 32.3 Å². The van der Waals surface area contributed by atoms with Crippen molar-refractivity contribution in [1.82, 2.24) is 14.5 Å². The summed E-state index contributed by atoms with van der Waals surface area (Å²) in [7, 11) is 0. The van der Waals surface area contributed by atoms with Gasteiger partial charge in [0.2, 0.25) is 12.2 Å². The molecule has 1 aliphatic rings. The topological polar surface area (TPSA) is 129 Å². The van der Waals surface area contributed by atoms with Gasteiger partial charge in [-0.2, -0.15) is 4.98 Å². The van der Waals surface area contributed by atoms with Gasteiger partial charge in [-0.3, -0.25) is 23.9 Å². The van der Waals surface area contributed by atoms with E-state index in [2.05, 4.69) is 9.97 Å². The third-order valence-electron chi connectivity index (χ3n) is 3.04. The van der Waals surface area contributed by atoms with Crippen molar-refractivity contribution in [2.75, 3.05) is 5.73 Å². The molecule has 9 nitrogen and oxygen atoms in total. The van der Waals surface area contributed by atoms with Crippen molar-refractivity contribution in [3.63, 3.8) is 0 Å². The van der Waals surface area contributed by atoms with E-state index >= 15 is 0 Å². The molecule has 2 atom stereocenters. The highest BCUT2D eigenvalue weighted by molar-refractivity contribution is 7.16. The van der Waals surface area contributed by atoms with Gasteiger partial charge in [0, 0.05) is 13.3 Å². The minimum atomic E-state index is -0.700. The van der Waals surface area contributed by atoms with Crippen LogP contribution in [0, 0.1) is 0 Å². The molecule has 2 aromatic rings. The van der Waals surface area contributed by atoms with Crippen molar-refractivity contribution in [2.24, 2.45) is 0 Å². The molecule has 3 heterocycles. The van der Waals surface area contributed by atoms with Crippen molar-refractivity contribution < 1.29 is 14.3 Å². The Balaban J connectivity index is 2.02. The third-order valence-corrected chi connectivity index (χ3v) is 3.98. The Hall–Kier alpha value is -2.20. The van der Waals surface area contributed by atoms with Crippen LogP contribution < -0.4 is 16.2 Å². The number of fused-ring (bicyclic) bond motifs is 1. The zero-order chi connectivity index (χ0) is 15.1. The minimum Gasteiger partial charge on any atom is -0.436 e. The number of nitrogen functional groups attached to an aromatic ring is 1. The molecule has 3 rings (SSSR count).